The number of carbonyl (C=O) groups is 1. The van der Waals surface area contributed by atoms with Crippen LogP contribution < -0.4 is 20.7 Å². The van der Waals surface area contributed by atoms with E-state index in [0.717, 1.165) is 37.0 Å². The van der Waals surface area contributed by atoms with Crippen molar-refractivity contribution >= 4 is 5.91 Å². The third-order valence-corrected chi connectivity index (χ3v) is 3.95. The van der Waals surface area contributed by atoms with Crippen molar-refractivity contribution in [1.82, 2.24) is 5.43 Å². The van der Waals surface area contributed by atoms with Crippen molar-refractivity contribution in [2.24, 2.45) is 5.84 Å². The van der Waals surface area contributed by atoms with Crippen molar-refractivity contribution in [2.75, 3.05) is 6.79 Å². The number of carbonyl (C=O) groups excluding carboxylic acids is 1. The predicted molar refractivity (Wildman–Crippen MR) is 65.0 cm³/mol. The van der Waals surface area contributed by atoms with Crippen LogP contribution in [-0.2, 0) is 10.2 Å². The van der Waals surface area contributed by atoms with Gasteiger partial charge in [-0.1, -0.05) is 18.9 Å². The monoisotopic (exact) mass is 248 g/mol. The number of hydrazine groups is 1. The number of amides is 1. The fourth-order valence-corrected chi connectivity index (χ4v) is 2.96. The van der Waals surface area contributed by atoms with Crippen LogP contribution in [0.2, 0.25) is 0 Å². The van der Waals surface area contributed by atoms with Crippen LogP contribution in [0.1, 0.15) is 31.2 Å². The minimum Gasteiger partial charge on any atom is -0.454 e. The molecule has 3 N–H and O–H groups in total. The van der Waals surface area contributed by atoms with E-state index in [1.807, 2.05) is 18.2 Å². The first-order valence-electron chi connectivity index (χ1n) is 6.17. The Hall–Kier alpha value is -1.75. The minimum absolute atomic E-state index is 0.112. The lowest BCUT2D eigenvalue weighted by molar-refractivity contribution is -0.126. The average Bonchev–Trinajstić information content (AvgIpc) is 3.06. The highest BCUT2D eigenvalue weighted by atomic mass is 16.7. The van der Waals surface area contributed by atoms with Crippen LogP contribution in [0.25, 0.3) is 0 Å². The Kier molecular flexibility index (Phi) is 2.63. The summed E-state index contributed by atoms with van der Waals surface area (Å²) in [5.41, 5.74) is 2.76. The molecule has 1 aromatic carbocycles. The summed E-state index contributed by atoms with van der Waals surface area (Å²) in [6, 6.07) is 5.71. The van der Waals surface area contributed by atoms with Crippen molar-refractivity contribution in [3.8, 4) is 11.5 Å². The van der Waals surface area contributed by atoms with E-state index in [-0.39, 0.29) is 12.7 Å². The standard InChI is InChI=1S/C13H16N2O3/c14-15-12(16)13(5-1-2-6-13)9-3-4-10-11(7-9)18-8-17-10/h3-4,7H,1-2,5-6,8,14H2,(H,15,16). The second-order valence-corrected chi connectivity index (χ2v) is 4.83. The molecular formula is C13H16N2O3. The summed E-state index contributed by atoms with van der Waals surface area (Å²) in [5.74, 6) is 6.67. The second kappa shape index (κ2) is 4.17. The number of nitrogens with one attached hydrogen (secondary N) is 1. The third kappa shape index (κ3) is 1.54. The molecular weight excluding hydrogens is 232 g/mol. The van der Waals surface area contributed by atoms with E-state index in [4.69, 9.17) is 15.3 Å². The highest BCUT2D eigenvalue weighted by Gasteiger charge is 2.43. The zero-order chi connectivity index (χ0) is 12.6. The van der Waals surface area contributed by atoms with Gasteiger partial charge in [0.05, 0.1) is 5.41 Å². The molecule has 1 fully saturated rings. The molecule has 5 heteroatoms. The lowest BCUT2D eigenvalue weighted by Crippen LogP contribution is -2.45. The van der Waals surface area contributed by atoms with Gasteiger partial charge in [0.2, 0.25) is 12.7 Å². The van der Waals surface area contributed by atoms with Crippen LogP contribution in [0.4, 0.5) is 0 Å². The van der Waals surface area contributed by atoms with Gasteiger partial charge in [-0.2, -0.15) is 0 Å². The summed E-state index contributed by atoms with van der Waals surface area (Å²) >= 11 is 0. The highest BCUT2D eigenvalue weighted by Crippen LogP contribution is 2.44. The molecule has 18 heavy (non-hydrogen) atoms. The van der Waals surface area contributed by atoms with E-state index in [1.54, 1.807) is 0 Å². The number of ether oxygens (including phenoxy) is 2. The number of benzene rings is 1. The molecule has 0 spiro atoms. The van der Waals surface area contributed by atoms with Crippen LogP contribution in [0.15, 0.2) is 18.2 Å². The maximum atomic E-state index is 12.1. The first-order valence-corrected chi connectivity index (χ1v) is 6.17. The zero-order valence-electron chi connectivity index (χ0n) is 10.1. The van der Waals surface area contributed by atoms with Crippen molar-refractivity contribution in [2.45, 2.75) is 31.1 Å². The second-order valence-electron chi connectivity index (χ2n) is 4.83. The molecule has 96 valence electrons. The van der Waals surface area contributed by atoms with Gasteiger partial charge in [0.15, 0.2) is 11.5 Å². The van der Waals surface area contributed by atoms with Crippen LogP contribution in [0.5, 0.6) is 11.5 Å². The molecule has 5 nitrogen and oxygen atoms in total. The summed E-state index contributed by atoms with van der Waals surface area (Å²) in [7, 11) is 0. The maximum absolute atomic E-state index is 12.1. The molecule has 1 aliphatic heterocycles. The van der Waals surface area contributed by atoms with Gasteiger partial charge in [-0.05, 0) is 30.5 Å². The van der Waals surface area contributed by atoms with Crippen molar-refractivity contribution in [3.63, 3.8) is 0 Å². The smallest absolute Gasteiger partial charge is 0.244 e. The number of fused-ring (bicyclic) bond motifs is 1. The van der Waals surface area contributed by atoms with Gasteiger partial charge < -0.3 is 9.47 Å². The van der Waals surface area contributed by atoms with Gasteiger partial charge in [-0.3, -0.25) is 10.2 Å². The fourth-order valence-electron chi connectivity index (χ4n) is 2.96. The van der Waals surface area contributed by atoms with Crippen LogP contribution >= 0.6 is 0 Å². The lowest BCUT2D eigenvalue weighted by atomic mass is 9.78. The van der Waals surface area contributed by atoms with Crippen molar-refractivity contribution in [3.05, 3.63) is 23.8 Å². The van der Waals surface area contributed by atoms with E-state index in [0.29, 0.717) is 5.75 Å². The summed E-state index contributed by atoms with van der Waals surface area (Å²) in [6.45, 7) is 0.245. The Labute approximate surface area is 105 Å². The molecule has 0 unspecified atom stereocenters. The SMILES string of the molecule is NNC(=O)C1(c2ccc3c(c2)OCO3)CCCC1. The normalized spacial score (nSPS) is 19.8. The third-order valence-electron chi connectivity index (χ3n) is 3.95. The molecule has 0 saturated heterocycles. The molecule has 0 atom stereocenters. The van der Waals surface area contributed by atoms with E-state index in [2.05, 4.69) is 5.43 Å². The molecule has 0 aromatic heterocycles. The van der Waals surface area contributed by atoms with Gasteiger partial charge in [0.1, 0.15) is 0 Å². The predicted octanol–water partition coefficient (Wildman–Crippen LogP) is 1.22. The topological polar surface area (TPSA) is 73.6 Å². The van der Waals surface area contributed by atoms with Gasteiger partial charge in [-0.25, -0.2) is 5.84 Å². The first kappa shape index (κ1) is 11.3. The largest absolute Gasteiger partial charge is 0.454 e. The molecule has 1 aliphatic carbocycles. The van der Waals surface area contributed by atoms with Gasteiger partial charge >= 0.3 is 0 Å². The van der Waals surface area contributed by atoms with E-state index in [1.165, 1.54) is 0 Å². The molecule has 1 saturated carbocycles. The summed E-state index contributed by atoms with van der Waals surface area (Å²) in [4.78, 5) is 12.1. The van der Waals surface area contributed by atoms with E-state index in [9.17, 15) is 4.79 Å². The van der Waals surface area contributed by atoms with Crippen LogP contribution in [0, 0.1) is 0 Å². The molecule has 0 radical (unpaired) electrons. The van der Waals surface area contributed by atoms with Crippen LogP contribution in [0.3, 0.4) is 0 Å². The molecule has 0 bridgehead atoms. The summed E-state index contributed by atoms with van der Waals surface area (Å²) in [6.07, 6.45) is 3.75. The molecule has 1 amide bonds. The number of hydrogen-bond acceptors (Lipinski definition) is 4. The van der Waals surface area contributed by atoms with Crippen molar-refractivity contribution < 1.29 is 14.3 Å². The Morgan fingerprint density at radius 2 is 1.94 bits per heavy atom. The van der Waals surface area contributed by atoms with E-state index < -0.39 is 5.41 Å². The van der Waals surface area contributed by atoms with Gasteiger partial charge in [0.25, 0.3) is 0 Å². The van der Waals surface area contributed by atoms with Gasteiger partial charge in [0, 0.05) is 0 Å². The Bertz CT molecular complexity index is 481. The zero-order valence-corrected chi connectivity index (χ0v) is 10.1. The Morgan fingerprint density at radius 1 is 1.22 bits per heavy atom. The van der Waals surface area contributed by atoms with E-state index >= 15 is 0 Å². The summed E-state index contributed by atoms with van der Waals surface area (Å²) in [5, 5.41) is 0. The quantitative estimate of drug-likeness (QED) is 0.469. The highest BCUT2D eigenvalue weighted by molar-refractivity contribution is 5.88. The minimum atomic E-state index is -0.504. The van der Waals surface area contributed by atoms with Gasteiger partial charge in [-0.15, -0.1) is 0 Å². The van der Waals surface area contributed by atoms with Crippen molar-refractivity contribution in [1.29, 1.82) is 0 Å². The van der Waals surface area contributed by atoms with Crippen LogP contribution in [-0.4, -0.2) is 12.7 Å². The summed E-state index contributed by atoms with van der Waals surface area (Å²) < 4.78 is 10.7. The first-order chi connectivity index (χ1) is 8.76. The molecule has 1 aromatic rings. The Balaban J connectivity index is 2.03. The number of hydrogen-bond donors (Lipinski definition) is 2. The lowest BCUT2D eigenvalue weighted by Gasteiger charge is -2.27. The maximum Gasteiger partial charge on any atom is 0.244 e. The molecule has 1 heterocycles. The number of nitrogens with two attached hydrogens (primary N) is 1. The molecule has 2 aliphatic rings. The average molecular weight is 248 g/mol. The Morgan fingerprint density at radius 3 is 2.67 bits per heavy atom. The number of rotatable bonds is 2. The molecule has 3 rings (SSSR count). The fraction of sp³-hybridized carbons (Fsp3) is 0.462.